The average molecular weight is 502 g/mol. The number of aromatic nitrogens is 1. The zero-order valence-electron chi connectivity index (χ0n) is 20.6. The number of ether oxygens (including phenoxy) is 2. The second-order valence-corrected chi connectivity index (χ2v) is 11.0. The quantitative estimate of drug-likeness (QED) is 0.633. The maximum Gasteiger partial charge on any atom is 0.228 e. The number of likely N-dealkylation sites (tertiary alicyclic amines) is 1. The van der Waals surface area contributed by atoms with E-state index in [4.69, 9.17) is 21.1 Å². The average Bonchev–Trinajstić information content (AvgIpc) is 3.23. The van der Waals surface area contributed by atoms with Crippen LogP contribution in [-0.2, 0) is 14.3 Å². The van der Waals surface area contributed by atoms with E-state index in [1.54, 1.807) is 13.3 Å². The number of rotatable bonds is 5. The van der Waals surface area contributed by atoms with Crippen molar-refractivity contribution < 1.29 is 19.4 Å². The Morgan fingerprint density at radius 3 is 2.57 bits per heavy atom. The summed E-state index contributed by atoms with van der Waals surface area (Å²) in [4.78, 5) is 19.6. The van der Waals surface area contributed by atoms with Crippen LogP contribution in [0, 0.1) is 5.92 Å². The van der Waals surface area contributed by atoms with Gasteiger partial charge in [0.15, 0.2) is 0 Å². The molecule has 8 heteroatoms. The summed E-state index contributed by atoms with van der Waals surface area (Å²) in [6, 6.07) is 6.10. The van der Waals surface area contributed by atoms with Crippen LogP contribution in [0.25, 0.3) is 10.8 Å². The predicted octanol–water partition coefficient (Wildman–Crippen LogP) is 4.36. The molecule has 190 valence electrons. The van der Waals surface area contributed by atoms with Crippen molar-refractivity contribution in [3.8, 4) is 0 Å². The van der Waals surface area contributed by atoms with Crippen molar-refractivity contribution in [1.82, 2.24) is 9.88 Å². The van der Waals surface area contributed by atoms with Crippen LogP contribution in [0.5, 0.6) is 0 Å². The third-order valence-corrected chi connectivity index (χ3v) is 8.84. The summed E-state index contributed by atoms with van der Waals surface area (Å²) < 4.78 is 11.0. The molecule has 7 nitrogen and oxygen atoms in total. The minimum atomic E-state index is -0.445. The van der Waals surface area contributed by atoms with Crippen LogP contribution in [0.15, 0.2) is 24.4 Å². The van der Waals surface area contributed by atoms with Gasteiger partial charge in [-0.05, 0) is 93.6 Å². The maximum atomic E-state index is 12.8. The summed E-state index contributed by atoms with van der Waals surface area (Å²) in [6.07, 6.45) is 7.10. The molecule has 2 aliphatic heterocycles. The normalized spacial score (nSPS) is 30.6. The van der Waals surface area contributed by atoms with Crippen molar-refractivity contribution in [3.05, 3.63) is 35.0 Å². The molecule has 0 spiro atoms. The Bertz CT molecular complexity index is 1070. The number of aliphatic hydroxyl groups excluding tert-OH is 1. The molecule has 1 aliphatic carbocycles. The van der Waals surface area contributed by atoms with Crippen molar-refractivity contribution in [2.75, 3.05) is 38.7 Å². The monoisotopic (exact) mass is 501 g/mol. The number of aliphatic hydroxyl groups is 1. The SMILES string of the molecule is COC1CCC(C(=O)Nc2cc3cc(C4CCN(C5(C)COCC5O)CC4)c(Cl)cc3cn2)CC1. The summed E-state index contributed by atoms with van der Waals surface area (Å²) in [7, 11) is 1.74. The first-order valence-corrected chi connectivity index (χ1v) is 13.2. The fourth-order valence-corrected chi connectivity index (χ4v) is 6.34. The fraction of sp³-hybridized carbons (Fsp3) is 0.630. The van der Waals surface area contributed by atoms with Gasteiger partial charge < -0.3 is 19.9 Å². The highest BCUT2D eigenvalue weighted by molar-refractivity contribution is 6.32. The number of fused-ring (bicyclic) bond motifs is 1. The third-order valence-electron chi connectivity index (χ3n) is 8.51. The van der Waals surface area contributed by atoms with Gasteiger partial charge in [0, 0.05) is 29.6 Å². The molecule has 2 aromatic rings. The minimum absolute atomic E-state index is 0.00973. The lowest BCUT2D eigenvalue weighted by molar-refractivity contribution is -0.121. The van der Waals surface area contributed by atoms with Gasteiger partial charge in [-0.1, -0.05) is 11.6 Å². The maximum absolute atomic E-state index is 12.8. The Labute approximate surface area is 212 Å². The lowest BCUT2D eigenvalue weighted by Crippen LogP contribution is -2.56. The molecule has 3 heterocycles. The Morgan fingerprint density at radius 2 is 1.91 bits per heavy atom. The number of anilines is 1. The van der Waals surface area contributed by atoms with Gasteiger partial charge in [-0.15, -0.1) is 0 Å². The van der Waals surface area contributed by atoms with Crippen molar-refractivity contribution in [2.24, 2.45) is 5.92 Å². The van der Waals surface area contributed by atoms with Gasteiger partial charge in [0.1, 0.15) is 5.82 Å². The number of benzene rings is 1. The van der Waals surface area contributed by atoms with E-state index in [2.05, 4.69) is 28.2 Å². The predicted molar refractivity (Wildman–Crippen MR) is 137 cm³/mol. The highest BCUT2D eigenvalue weighted by Gasteiger charge is 2.45. The van der Waals surface area contributed by atoms with E-state index >= 15 is 0 Å². The fourth-order valence-electron chi connectivity index (χ4n) is 6.01. The van der Waals surface area contributed by atoms with E-state index in [0.29, 0.717) is 24.9 Å². The van der Waals surface area contributed by atoms with E-state index in [-0.39, 0.29) is 23.5 Å². The minimum Gasteiger partial charge on any atom is -0.389 e. The van der Waals surface area contributed by atoms with Gasteiger partial charge in [-0.3, -0.25) is 9.69 Å². The van der Waals surface area contributed by atoms with Gasteiger partial charge >= 0.3 is 0 Å². The number of piperidine rings is 1. The number of hydrogen-bond acceptors (Lipinski definition) is 6. The van der Waals surface area contributed by atoms with Crippen LogP contribution >= 0.6 is 11.6 Å². The first kappa shape index (κ1) is 24.9. The molecule has 2 atom stereocenters. The van der Waals surface area contributed by atoms with Crippen molar-refractivity contribution in [3.63, 3.8) is 0 Å². The van der Waals surface area contributed by atoms with Crippen LogP contribution in [-0.4, -0.2) is 72.1 Å². The summed E-state index contributed by atoms with van der Waals surface area (Å²) in [5, 5.41) is 16.2. The molecule has 1 aromatic heterocycles. The van der Waals surface area contributed by atoms with E-state index < -0.39 is 6.10 Å². The first-order valence-electron chi connectivity index (χ1n) is 12.8. The standard InChI is InChI=1S/C27H36ClN3O4/c1-27(16-35-15-24(27)32)31-9-7-17(8-10-31)22-11-19-13-25(29-14-20(19)12-23(22)28)30-26(33)18-3-5-21(34-2)6-4-18/h11-14,17-18,21,24,32H,3-10,15-16H2,1-2H3,(H,29,30,33). The smallest absolute Gasteiger partial charge is 0.228 e. The number of hydrogen-bond donors (Lipinski definition) is 2. The summed E-state index contributed by atoms with van der Waals surface area (Å²) in [6.45, 7) is 4.89. The summed E-state index contributed by atoms with van der Waals surface area (Å²) >= 11 is 6.72. The molecule has 2 unspecified atom stereocenters. The summed E-state index contributed by atoms with van der Waals surface area (Å²) in [5.74, 6) is 0.992. The number of halogens is 1. The lowest BCUT2D eigenvalue weighted by atomic mass is 9.85. The highest BCUT2D eigenvalue weighted by Crippen LogP contribution is 2.38. The van der Waals surface area contributed by atoms with Crippen LogP contribution in [0.4, 0.5) is 5.82 Å². The lowest BCUT2D eigenvalue weighted by Gasteiger charge is -2.43. The van der Waals surface area contributed by atoms with Crippen molar-refractivity contribution in [1.29, 1.82) is 0 Å². The molecule has 35 heavy (non-hydrogen) atoms. The Balaban J connectivity index is 1.27. The number of methoxy groups -OCH3 is 1. The van der Waals surface area contributed by atoms with E-state index in [1.165, 1.54) is 0 Å². The Hall–Kier alpha value is -1.77. The molecule has 3 fully saturated rings. The zero-order chi connectivity index (χ0) is 24.6. The van der Waals surface area contributed by atoms with Gasteiger partial charge in [0.05, 0.1) is 31.0 Å². The third kappa shape index (κ3) is 5.07. The molecular formula is C27H36ClN3O4. The molecular weight excluding hydrogens is 466 g/mol. The van der Waals surface area contributed by atoms with Crippen LogP contribution in [0.2, 0.25) is 5.02 Å². The second-order valence-electron chi connectivity index (χ2n) is 10.6. The molecule has 1 saturated carbocycles. The van der Waals surface area contributed by atoms with Crippen LogP contribution in [0.1, 0.15) is 56.9 Å². The van der Waals surface area contributed by atoms with Crippen molar-refractivity contribution in [2.45, 2.75) is 69.1 Å². The number of nitrogens with one attached hydrogen (secondary N) is 1. The molecule has 2 saturated heterocycles. The number of pyridine rings is 1. The topological polar surface area (TPSA) is 83.9 Å². The number of carbonyl (C=O) groups excluding carboxylic acids is 1. The summed E-state index contributed by atoms with van der Waals surface area (Å²) in [5.41, 5.74) is 0.841. The highest BCUT2D eigenvalue weighted by atomic mass is 35.5. The molecule has 0 bridgehead atoms. The van der Waals surface area contributed by atoms with Gasteiger partial charge in [0.25, 0.3) is 0 Å². The number of amides is 1. The Kier molecular flexibility index (Phi) is 7.33. The van der Waals surface area contributed by atoms with Gasteiger partial charge in [0.2, 0.25) is 5.91 Å². The second kappa shape index (κ2) is 10.3. The van der Waals surface area contributed by atoms with Crippen molar-refractivity contribution >= 4 is 34.1 Å². The van der Waals surface area contributed by atoms with E-state index in [9.17, 15) is 9.90 Å². The molecule has 3 aliphatic rings. The van der Waals surface area contributed by atoms with Crippen LogP contribution in [0.3, 0.4) is 0 Å². The van der Waals surface area contributed by atoms with E-state index in [1.807, 2.05) is 12.1 Å². The van der Waals surface area contributed by atoms with Gasteiger partial charge in [-0.25, -0.2) is 4.98 Å². The largest absolute Gasteiger partial charge is 0.389 e. The number of carbonyl (C=O) groups is 1. The molecule has 1 aromatic carbocycles. The van der Waals surface area contributed by atoms with Gasteiger partial charge in [-0.2, -0.15) is 0 Å². The molecule has 5 rings (SSSR count). The van der Waals surface area contributed by atoms with E-state index in [0.717, 1.165) is 73.0 Å². The molecule has 2 N–H and O–H groups in total. The Morgan fingerprint density at radius 1 is 1.17 bits per heavy atom. The zero-order valence-corrected chi connectivity index (χ0v) is 21.4. The first-order chi connectivity index (χ1) is 16.9. The van der Waals surface area contributed by atoms with Crippen LogP contribution < -0.4 is 5.32 Å². The molecule has 0 radical (unpaired) electrons. The number of nitrogens with zero attached hydrogens (tertiary/aromatic N) is 2. The molecule has 1 amide bonds.